The van der Waals surface area contributed by atoms with E-state index < -0.39 is 0 Å². The van der Waals surface area contributed by atoms with Crippen LogP contribution >= 0.6 is 15.9 Å². The molecule has 2 aromatic rings. The number of benzene rings is 1. The Kier molecular flexibility index (Phi) is 4.06. The Morgan fingerprint density at radius 1 is 1.37 bits per heavy atom. The summed E-state index contributed by atoms with van der Waals surface area (Å²) in [6.45, 7) is 6.79. The average Bonchev–Trinajstić information content (AvgIpc) is 2.77. The van der Waals surface area contributed by atoms with Crippen LogP contribution in [0, 0.1) is 5.82 Å². The number of nitrogens with zero attached hydrogens (tertiary/aromatic N) is 1. The third-order valence-electron chi connectivity index (χ3n) is 2.62. The molecule has 0 aliphatic heterocycles. The lowest BCUT2D eigenvalue weighted by Gasteiger charge is -2.19. The molecule has 0 saturated heterocycles. The number of hydrogen-bond acceptors (Lipinski definition) is 3. The summed E-state index contributed by atoms with van der Waals surface area (Å²) in [5.41, 5.74) is 1.42. The molecule has 2 rings (SSSR count). The Morgan fingerprint density at radius 3 is 2.79 bits per heavy atom. The molecule has 0 amide bonds. The number of hydrogen-bond donors (Lipinski definition) is 1. The number of aromatic nitrogens is 1. The Hall–Kier alpha value is -1.20. The molecule has 0 aliphatic rings. The molecule has 1 N–H and O–H groups in total. The Bertz CT molecular complexity index is 575. The monoisotopic (exact) mass is 326 g/mol. The van der Waals surface area contributed by atoms with Crippen LogP contribution in [0.1, 0.15) is 26.5 Å². The van der Waals surface area contributed by atoms with Crippen LogP contribution in [0.5, 0.6) is 0 Å². The fourth-order valence-corrected chi connectivity index (χ4v) is 2.09. The summed E-state index contributed by atoms with van der Waals surface area (Å²) >= 11 is 3.24. The lowest BCUT2D eigenvalue weighted by Crippen LogP contribution is -2.35. The molecule has 0 saturated carbocycles. The van der Waals surface area contributed by atoms with Gasteiger partial charge in [-0.25, -0.2) is 9.37 Å². The maximum absolute atomic E-state index is 13.6. The fourth-order valence-electron chi connectivity index (χ4n) is 1.64. The highest BCUT2D eigenvalue weighted by Gasteiger charge is 2.17. The van der Waals surface area contributed by atoms with Crippen LogP contribution in [0.25, 0.3) is 11.3 Å². The highest BCUT2D eigenvalue weighted by molar-refractivity contribution is 9.10. The summed E-state index contributed by atoms with van der Waals surface area (Å²) in [4.78, 5) is 4.19. The van der Waals surface area contributed by atoms with Gasteiger partial charge in [0.05, 0.1) is 4.47 Å². The molecule has 5 heteroatoms. The number of rotatable bonds is 3. The summed E-state index contributed by atoms with van der Waals surface area (Å²) in [5.74, 6) is 0.270. The summed E-state index contributed by atoms with van der Waals surface area (Å²) in [6, 6.07) is 4.85. The van der Waals surface area contributed by atoms with Gasteiger partial charge < -0.3 is 9.73 Å². The average molecular weight is 327 g/mol. The third-order valence-corrected chi connectivity index (χ3v) is 3.43. The molecule has 1 aromatic heterocycles. The number of nitrogens with one attached hydrogen (secondary N) is 1. The molecule has 102 valence electrons. The van der Waals surface area contributed by atoms with Crippen molar-refractivity contribution in [3.63, 3.8) is 0 Å². The highest BCUT2D eigenvalue weighted by atomic mass is 79.9. The third kappa shape index (κ3) is 3.42. The van der Waals surface area contributed by atoms with Crippen LogP contribution in [-0.4, -0.2) is 10.5 Å². The minimum Gasteiger partial charge on any atom is -0.443 e. The zero-order chi connectivity index (χ0) is 14.0. The maximum atomic E-state index is 13.6. The van der Waals surface area contributed by atoms with E-state index in [9.17, 15) is 4.39 Å². The van der Waals surface area contributed by atoms with Crippen LogP contribution in [0.3, 0.4) is 0 Å². The Labute approximate surface area is 120 Å². The highest BCUT2D eigenvalue weighted by Crippen LogP contribution is 2.32. The van der Waals surface area contributed by atoms with Crippen LogP contribution in [0.15, 0.2) is 33.5 Å². The van der Waals surface area contributed by atoms with E-state index in [1.165, 1.54) is 12.5 Å². The van der Waals surface area contributed by atoms with Gasteiger partial charge in [-0.05, 0) is 48.8 Å². The molecule has 0 bridgehead atoms. The van der Waals surface area contributed by atoms with Crippen molar-refractivity contribution in [2.45, 2.75) is 32.9 Å². The fraction of sp³-hybridized carbons (Fsp3) is 0.357. The minimum absolute atomic E-state index is 0.0185. The van der Waals surface area contributed by atoms with E-state index in [4.69, 9.17) is 4.42 Å². The molecule has 19 heavy (non-hydrogen) atoms. The topological polar surface area (TPSA) is 38.1 Å². The van der Waals surface area contributed by atoms with Crippen LogP contribution in [0.2, 0.25) is 0 Å². The molecule has 0 aliphatic carbocycles. The van der Waals surface area contributed by atoms with Crippen molar-refractivity contribution in [3.05, 3.63) is 40.6 Å². The second kappa shape index (κ2) is 5.43. The first kappa shape index (κ1) is 14.2. The zero-order valence-electron chi connectivity index (χ0n) is 11.1. The molecule has 1 aromatic carbocycles. The summed E-state index contributed by atoms with van der Waals surface area (Å²) < 4.78 is 19.3. The first-order valence-electron chi connectivity index (χ1n) is 6.00. The number of oxazole rings is 1. The SMILES string of the molecule is CC(C)(C)NCc1ncoc1-c1cccc(F)c1Br. The van der Waals surface area contributed by atoms with Gasteiger partial charge in [0.1, 0.15) is 11.5 Å². The smallest absolute Gasteiger partial charge is 0.181 e. The largest absolute Gasteiger partial charge is 0.443 e. The van der Waals surface area contributed by atoms with Crippen LogP contribution in [-0.2, 0) is 6.54 Å². The lowest BCUT2D eigenvalue weighted by molar-refractivity contribution is 0.421. The molecular weight excluding hydrogens is 311 g/mol. The van der Waals surface area contributed by atoms with Crippen molar-refractivity contribution in [3.8, 4) is 11.3 Å². The summed E-state index contributed by atoms with van der Waals surface area (Å²) in [5, 5.41) is 3.34. The predicted molar refractivity (Wildman–Crippen MR) is 76.2 cm³/mol. The molecule has 1 heterocycles. The van der Waals surface area contributed by atoms with E-state index in [2.05, 4.69) is 47.0 Å². The van der Waals surface area contributed by atoms with Crippen molar-refractivity contribution in [1.82, 2.24) is 10.3 Å². The van der Waals surface area contributed by atoms with Crippen molar-refractivity contribution < 1.29 is 8.81 Å². The van der Waals surface area contributed by atoms with Gasteiger partial charge in [-0.3, -0.25) is 0 Å². The van der Waals surface area contributed by atoms with Gasteiger partial charge in [-0.1, -0.05) is 6.07 Å². The summed E-state index contributed by atoms with van der Waals surface area (Å²) in [6.07, 6.45) is 1.38. The Balaban J connectivity index is 2.31. The van der Waals surface area contributed by atoms with E-state index in [0.29, 0.717) is 22.3 Å². The van der Waals surface area contributed by atoms with Gasteiger partial charge >= 0.3 is 0 Å². The van der Waals surface area contributed by atoms with Gasteiger partial charge in [-0.15, -0.1) is 0 Å². The van der Waals surface area contributed by atoms with Crippen molar-refractivity contribution >= 4 is 15.9 Å². The van der Waals surface area contributed by atoms with Gasteiger partial charge in [-0.2, -0.15) is 0 Å². The second-order valence-corrected chi connectivity index (χ2v) is 6.13. The number of halogens is 2. The van der Waals surface area contributed by atoms with E-state index in [-0.39, 0.29) is 11.4 Å². The van der Waals surface area contributed by atoms with Crippen LogP contribution < -0.4 is 5.32 Å². The van der Waals surface area contributed by atoms with Gasteiger partial charge in [0.25, 0.3) is 0 Å². The summed E-state index contributed by atoms with van der Waals surface area (Å²) in [7, 11) is 0. The van der Waals surface area contributed by atoms with E-state index in [0.717, 1.165) is 5.69 Å². The minimum atomic E-state index is -0.316. The molecule has 0 atom stereocenters. The molecule has 0 radical (unpaired) electrons. The molecule has 0 unspecified atom stereocenters. The maximum Gasteiger partial charge on any atom is 0.181 e. The normalized spacial score (nSPS) is 11.8. The first-order chi connectivity index (χ1) is 8.88. The van der Waals surface area contributed by atoms with Crippen molar-refractivity contribution in [2.75, 3.05) is 0 Å². The lowest BCUT2D eigenvalue weighted by atomic mass is 10.1. The van der Waals surface area contributed by atoms with Crippen LogP contribution in [0.4, 0.5) is 4.39 Å². The van der Waals surface area contributed by atoms with Crippen molar-refractivity contribution in [1.29, 1.82) is 0 Å². The second-order valence-electron chi connectivity index (χ2n) is 5.33. The zero-order valence-corrected chi connectivity index (χ0v) is 12.7. The van der Waals surface area contributed by atoms with Crippen molar-refractivity contribution in [2.24, 2.45) is 0 Å². The van der Waals surface area contributed by atoms with E-state index in [1.807, 2.05) is 0 Å². The molecule has 0 fully saturated rings. The van der Waals surface area contributed by atoms with Gasteiger partial charge in [0, 0.05) is 17.6 Å². The van der Waals surface area contributed by atoms with Gasteiger partial charge in [0.15, 0.2) is 12.2 Å². The standard InChI is InChI=1S/C14H16BrFN2O/c1-14(2,3)18-7-11-13(19-8-17-11)9-5-4-6-10(16)12(9)15/h4-6,8,18H,7H2,1-3H3. The van der Waals surface area contributed by atoms with E-state index >= 15 is 0 Å². The Morgan fingerprint density at radius 2 is 2.11 bits per heavy atom. The molecule has 3 nitrogen and oxygen atoms in total. The predicted octanol–water partition coefficient (Wildman–Crippen LogP) is 4.13. The van der Waals surface area contributed by atoms with E-state index in [1.54, 1.807) is 12.1 Å². The molecular formula is C14H16BrFN2O. The quantitative estimate of drug-likeness (QED) is 0.921. The first-order valence-corrected chi connectivity index (χ1v) is 6.79. The van der Waals surface area contributed by atoms with Gasteiger partial charge in [0.2, 0.25) is 0 Å². The molecule has 0 spiro atoms.